The lowest BCUT2D eigenvalue weighted by molar-refractivity contribution is -0.143. The van der Waals surface area contributed by atoms with Gasteiger partial charge in [0, 0.05) is 7.11 Å². The number of carbonyl (C=O) groups is 2. The maximum Gasteiger partial charge on any atom is 0.416 e. The number of carbonyl (C=O) groups excluding carboxylic acids is 2. The number of imide groups is 1. The molecule has 2 atom stereocenters. The van der Waals surface area contributed by atoms with Crippen LogP contribution in [-0.4, -0.2) is 37.0 Å². The minimum Gasteiger partial charge on any atom is -0.382 e. The lowest BCUT2D eigenvalue weighted by atomic mass is 10.0. The summed E-state index contributed by atoms with van der Waals surface area (Å²) in [7, 11) is 1.45. The van der Waals surface area contributed by atoms with Crippen LogP contribution < -0.4 is 5.73 Å². The molecule has 0 fully saturated rings. The second kappa shape index (κ2) is 9.48. The second-order valence-electron chi connectivity index (χ2n) is 6.24. The standard InChI is InChI=1S/C20H21F3N2O3/c1-28-12-18(15-5-3-2-4-6-15)25(13-26)19(27)17(24)11-14-7-9-16(10-8-14)20(21,22)23/h2-10,13,17-18H,11-12,24H2,1H3. The van der Waals surface area contributed by atoms with Gasteiger partial charge in [-0.15, -0.1) is 0 Å². The van der Waals surface area contributed by atoms with Crippen LogP contribution in [0.4, 0.5) is 13.2 Å². The van der Waals surface area contributed by atoms with Crippen molar-refractivity contribution in [2.24, 2.45) is 5.73 Å². The van der Waals surface area contributed by atoms with Crippen LogP contribution in [0.5, 0.6) is 0 Å². The molecule has 2 aromatic rings. The van der Waals surface area contributed by atoms with E-state index >= 15 is 0 Å². The Bertz CT molecular complexity index is 780. The third kappa shape index (κ3) is 5.40. The maximum absolute atomic E-state index is 12.7. The van der Waals surface area contributed by atoms with Crippen molar-refractivity contribution in [1.82, 2.24) is 4.90 Å². The monoisotopic (exact) mass is 394 g/mol. The summed E-state index contributed by atoms with van der Waals surface area (Å²) >= 11 is 0. The van der Waals surface area contributed by atoms with Gasteiger partial charge in [-0.05, 0) is 29.7 Å². The largest absolute Gasteiger partial charge is 0.416 e. The molecule has 0 aromatic heterocycles. The number of methoxy groups -OCH3 is 1. The number of rotatable bonds is 8. The van der Waals surface area contributed by atoms with Gasteiger partial charge in [-0.1, -0.05) is 42.5 Å². The molecule has 2 amide bonds. The molecule has 0 heterocycles. The molecule has 0 bridgehead atoms. The van der Waals surface area contributed by atoms with Gasteiger partial charge in [0.2, 0.25) is 12.3 Å². The third-order valence-corrected chi connectivity index (χ3v) is 4.27. The van der Waals surface area contributed by atoms with E-state index < -0.39 is 29.7 Å². The Hall–Kier alpha value is -2.71. The average Bonchev–Trinajstić information content (AvgIpc) is 2.68. The van der Waals surface area contributed by atoms with Gasteiger partial charge in [0.05, 0.1) is 24.3 Å². The number of alkyl halides is 3. The van der Waals surface area contributed by atoms with Crippen molar-refractivity contribution in [1.29, 1.82) is 0 Å². The first kappa shape index (κ1) is 21.6. The fraction of sp³-hybridized carbons (Fsp3) is 0.300. The zero-order chi connectivity index (χ0) is 20.7. The number of nitrogens with two attached hydrogens (primary N) is 1. The van der Waals surface area contributed by atoms with E-state index in [-0.39, 0.29) is 13.0 Å². The molecule has 28 heavy (non-hydrogen) atoms. The Labute approximate surface area is 160 Å². The van der Waals surface area contributed by atoms with E-state index in [0.29, 0.717) is 17.5 Å². The zero-order valence-electron chi connectivity index (χ0n) is 15.2. The van der Waals surface area contributed by atoms with E-state index in [9.17, 15) is 22.8 Å². The van der Waals surface area contributed by atoms with Gasteiger partial charge in [-0.25, -0.2) is 0 Å². The molecule has 150 valence electrons. The molecule has 0 aliphatic rings. The van der Waals surface area contributed by atoms with Crippen LogP contribution in [0.25, 0.3) is 0 Å². The number of ether oxygens (including phenoxy) is 1. The van der Waals surface area contributed by atoms with Crippen molar-refractivity contribution in [2.75, 3.05) is 13.7 Å². The summed E-state index contributed by atoms with van der Waals surface area (Å²) in [6.45, 7) is 0.0848. The molecule has 2 N–H and O–H groups in total. The molecule has 0 radical (unpaired) electrons. The number of hydrogen-bond donors (Lipinski definition) is 1. The Balaban J connectivity index is 2.15. The Morgan fingerprint density at radius 2 is 1.75 bits per heavy atom. The highest BCUT2D eigenvalue weighted by Crippen LogP contribution is 2.29. The molecule has 2 unspecified atom stereocenters. The number of nitrogens with zero attached hydrogens (tertiary/aromatic N) is 1. The van der Waals surface area contributed by atoms with E-state index in [0.717, 1.165) is 17.0 Å². The Kier molecular flexibility index (Phi) is 7.31. The lowest BCUT2D eigenvalue weighted by Crippen LogP contribution is -2.46. The van der Waals surface area contributed by atoms with E-state index in [1.165, 1.54) is 19.2 Å². The van der Waals surface area contributed by atoms with Gasteiger partial charge in [0.25, 0.3) is 0 Å². The highest BCUT2D eigenvalue weighted by atomic mass is 19.4. The van der Waals surface area contributed by atoms with Gasteiger partial charge in [-0.2, -0.15) is 13.2 Å². The SMILES string of the molecule is COCC(c1ccccc1)N(C=O)C(=O)C(N)Cc1ccc(C(F)(F)F)cc1. The smallest absolute Gasteiger partial charge is 0.382 e. The fourth-order valence-electron chi connectivity index (χ4n) is 2.81. The van der Waals surface area contributed by atoms with Gasteiger partial charge < -0.3 is 10.5 Å². The highest BCUT2D eigenvalue weighted by molar-refractivity contribution is 5.90. The highest BCUT2D eigenvalue weighted by Gasteiger charge is 2.31. The summed E-state index contributed by atoms with van der Waals surface area (Å²) < 4.78 is 43.1. The molecular weight excluding hydrogens is 373 g/mol. The number of benzene rings is 2. The Morgan fingerprint density at radius 3 is 2.25 bits per heavy atom. The van der Waals surface area contributed by atoms with Crippen molar-refractivity contribution in [2.45, 2.75) is 24.7 Å². The zero-order valence-corrected chi connectivity index (χ0v) is 15.2. The first-order chi connectivity index (χ1) is 13.3. The predicted octanol–water partition coefficient (Wildman–Crippen LogP) is 2.95. The van der Waals surface area contributed by atoms with Crippen LogP contribution in [0.2, 0.25) is 0 Å². The maximum atomic E-state index is 12.7. The van der Waals surface area contributed by atoms with Crippen molar-refractivity contribution in [3.8, 4) is 0 Å². The van der Waals surface area contributed by atoms with E-state index in [4.69, 9.17) is 10.5 Å². The van der Waals surface area contributed by atoms with E-state index in [1.54, 1.807) is 30.3 Å². The van der Waals surface area contributed by atoms with Crippen molar-refractivity contribution in [3.05, 3.63) is 71.3 Å². The topological polar surface area (TPSA) is 72.6 Å². The normalized spacial score (nSPS) is 13.6. The minimum absolute atomic E-state index is 0.00416. The van der Waals surface area contributed by atoms with Crippen LogP contribution in [0.15, 0.2) is 54.6 Å². The Morgan fingerprint density at radius 1 is 1.14 bits per heavy atom. The molecule has 0 spiro atoms. The predicted molar refractivity (Wildman–Crippen MR) is 97.1 cm³/mol. The molecule has 0 aliphatic heterocycles. The van der Waals surface area contributed by atoms with Crippen LogP contribution >= 0.6 is 0 Å². The molecule has 8 heteroatoms. The molecule has 0 saturated carbocycles. The van der Waals surface area contributed by atoms with Crippen molar-refractivity contribution < 1.29 is 27.5 Å². The van der Waals surface area contributed by atoms with Gasteiger partial charge in [0.15, 0.2) is 0 Å². The summed E-state index contributed by atoms with van der Waals surface area (Å²) in [5.74, 6) is -0.638. The summed E-state index contributed by atoms with van der Waals surface area (Å²) in [5, 5.41) is 0. The molecule has 5 nitrogen and oxygen atoms in total. The quantitative estimate of drug-likeness (QED) is 0.699. The lowest BCUT2D eigenvalue weighted by Gasteiger charge is -2.28. The number of amides is 2. The minimum atomic E-state index is -4.44. The first-order valence-electron chi connectivity index (χ1n) is 8.51. The van der Waals surface area contributed by atoms with Crippen molar-refractivity contribution >= 4 is 12.3 Å². The average molecular weight is 394 g/mol. The summed E-state index contributed by atoms with van der Waals surface area (Å²) in [6.07, 6.45) is -4.05. The third-order valence-electron chi connectivity index (χ3n) is 4.27. The summed E-state index contributed by atoms with van der Waals surface area (Å²) in [6, 6.07) is 11.5. The molecule has 2 aromatic carbocycles. The molecular formula is C20H21F3N2O3. The van der Waals surface area contributed by atoms with Crippen molar-refractivity contribution in [3.63, 3.8) is 0 Å². The van der Waals surface area contributed by atoms with Crippen LogP contribution in [0, 0.1) is 0 Å². The van der Waals surface area contributed by atoms with Crippen LogP contribution in [0.3, 0.4) is 0 Å². The van der Waals surface area contributed by atoms with Gasteiger partial charge >= 0.3 is 6.18 Å². The van der Waals surface area contributed by atoms with Crippen LogP contribution in [0.1, 0.15) is 22.7 Å². The van der Waals surface area contributed by atoms with Crippen LogP contribution in [-0.2, 0) is 26.9 Å². The summed E-state index contributed by atoms with van der Waals surface area (Å²) in [5.41, 5.74) is 6.33. The first-order valence-corrected chi connectivity index (χ1v) is 8.51. The van der Waals surface area contributed by atoms with E-state index in [1.807, 2.05) is 0 Å². The summed E-state index contributed by atoms with van der Waals surface area (Å²) in [4.78, 5) is 25.3. The fourth-order valence-corrected chi connectivity index (χ4v) is 2.81. The number of halogens is 3. The number of hydrogen-bond acceptors (Lipinski definition) is 4. The van der Waals surface area contributed by atoms with Gasteiger partial charge in [-0.3, -0.25) is 14.5 Å². The molecule has 0 saturated heterocycles. The van der Waals surface area contributed by atoms with E-state index in [2.05, 4.69) is 0 Å². The molecule has 2 rings (SSSR count). The van der Waals surface area contributed by atoms with Gasteiger partial charge in [0.1, 0.15) is 0 Å². The second-order valence-corrected chi connectivity index (χ2v) is 6.24. The molecule has 0 aliphatic carbocycles.